The van der Waals surface area contributed by atoms with E-state index in [1.165, 1.54) is 0 Å². The Morgan fingerprint density at radius 1 is 1.39 bits per heavy atom. The highest BCUT2D eigenvalue weighted by molar-refractivity contribution is 9.10. The number of hydrogen-bond acceptors (Lipinski definition) is 2. The van der Waals surface area contributed by atoms with E-state index in [-0.39, 0.29) is 5.91 Å². The third-order valence-corrected chi connectivity index (χ3v) is 3.86. The van der Waals surface area contributed by atoms with Gasteiger partial charge in [-0.15, -0.1) is 0 Å². The molecule has 1 aliphatic heterocycles. The predicted octanol–water partition coefficient (Wildman–Crippen LogP) is 2.37. The third-order valence-electron chi connectivity index (χ3n) is 3.17. The van der Waals surface area contributed by atoms with E-state index in [1.807, 2.05) is 29.2 Å². The van der Waals surface area contributed by atoms with Crippen molar-refractivity contribution in [3.63, 3.8) is 0 Å². The molecule has 2 aromatic rings. The maximum absolute atomic E-state index is 12.4. The lowest BCUT2D eigenvalue weighted by atomic mass is 10.1. The molecule has 0 radical (unpaired) electrons. The van der Waals surface area contributed by atoms with E-state index in [9.17, 15) is 4.79 Å². The quantitative estimate of drug-likeness (QED) is 0.879. The smallest absolute Gasteiger partial charge is 0.255 e. The van der Waals surface area contributed by atoms with Gasteiger partial charge >= 0.3 is 0 Å². The number of nitrogens with one attached hydrogen (secondary N) is 1. The normalized spacial score (nSPS) is 14.4. The first kappa shape index (κ1) is 11.5. The van der Waals surface area contributed by atoms with Gasteiger partial charge < -0.3 is 9.88 Å². The van der Waals surface area contributed by atoms with E-state index in [4.69, 9.17) is 0 Å². The lowest BCUT2D eigenvalue weighted by molar-refractivity contribution is 0.0731. The van der Waals surface area contributed by atoms with E-state index in [0.717, 1.165) is 28.8 Å². The molecule has 0 aliphatic carbocycles. The summed E-state index contributed by atoms with van der Waals surface area (Å²) in [7, 11) is 0. The van der Waals surface area contributed by atoms with Crippen LogP contribution < -0.4 is 0 Å². The molecule has 0 spiro atoms. The van der Waals surface area contributed by atoms with Gasteiger partial charge in [-0.1, -0.05) is 12.1 Å². The summed E-state index contributed by atoms with van der Waals surface area (Å²) in [6.45, 7) is 1.33. The van der Waals surface area contributed by atoms with Crippen LogP contribution in [0.5, 0.6) is 0 Å². The number of carbonyl (C=O) groups excluding carboxylic acids is 1. The Labute approximate surface area is 113 Å². The van der Waals surface area contributed by atoms with E-state index in [1.54, 1.807) is 6.33 Å². The van der Waals surface area contributed by atoms with Gasteiger partial charge in [0.2, 0.25) is 0 Å². The van der Waals surface area contributed by atoms with E-state index >= 15 is 0 Å². The van der Waals surface area contributed by atoms with Crippen LogP contribution in [0.3, 0.4) is 0 Å². The number of carbonyl (C=O) groups is 1. The van der Waals surface area contributed by atoms with Crippen LogP contribution in [0.15, 0.2) is 35.1 Å². The van der Waals surface area contributed by atoms with Crippen molar-refractivity contribution in [2.24, 2.45) is 0 Å². The van der Waals surface area contributed by atoms with E-state index < -0.39 is 0 Å². The maximum atomic E-state index is 12.4. The molecular weight excluding hydrogens is 294 g/mol. The standard InChI is InChI=1S/C13H12BrN3O/c14-10-4-2-1-3-9(10)13(18)17-6-5-11-12(7-17)16-8-15-11/h1-4,8H,5-7H2,(H,15,16). The van der Waals surface area contributed by atoms with Gasteiger partial charge in [0, 0.05) is 17.4 Å². The number of aromatic nitrogens is 2. The fourth-order valence-electron chi connectivity index (χ4n) is 2.19. The number of imidazole rings is 1. The lowest BCUT2D eigenvalue weighted by Gasteiger charge is -2.26. The summed E-state index contributed by atoms with van der Waals surface area (Å²) in [5, 5.41) is 0. The molecule has 1 amide bonds. The topological polar surface area (TPSA) is 49.0 Å². The Bertz CT molecular complexity index is 593. The second kappa shape index (κ2) is 4.57. The summed E-state index contributed by atoms with van der Waals surface area (Å²) < 4.78 is 0.838. The van der Waals surface area contributed by atoms with Crippen molar-refractivity contribution < 1.29 is 4.79 Å². The summed E-state index contributed by atoms with van der Waals surface area (Å²) in [6, 6.07) is 7.52. The van der Waals surface area contributed by atoms with Crippen molar-refractivity contribution in [2.75, 3.05) is 6.54 Å². The molecule has 18 heavy (non-hydrogen) atoms. The summed E-state index contributed by atoms with van der Waals surface area (Å²) in [5.74, 6) is 0.0581. The Morgan fingerprint density at radius 3 is 3.06 bits per heavy atom. The molecule has 1 aromatic heterocycles. The minimum Gasteiger partial charge on any atom is -0.347 e. The van der Waals surface area contributed by atoms with Crippen LogP contribution in [-0.4, -0.2) is 27.3 Å². The first-order valence-electron chi connectivity index (χ1n) is 5.80. The molecule has 5 heteroatoms. The van der Waals surface area contributed by atoms with Crippen LogP contribution >= 0.6 is 15.9 Å². The first-order chi connectivity index (χ1) is 8.75. The van der Waals surface area contributed by atoms with Gasteiger partial charge in [-0.3, -0.25) is 4.79 Å². The molecule has 1 aromatic carbocycles. The number of halogens is 1. The Morgan fingerprint density at radius 2 is 2.22 bits per heavy atom. The van der Waals surface area contributed by atoms with Gasteiger partial charge in [0.05, 0.1) is 29.8 Å². The van der Waals surface area contributed by atoms with Crippen LogP contribution in [0.1, 0.15) is 21.7 Å². The van der Waals surface area contributed by atoms with Crippen LogP contribution in [0.4, 0.5) is 0 Å². The van der Waals surface area contributed by atoms with Crippen molar-refractivity contribution in [3.05, 3.63) is 52.0 Å². The number of aromatic amines is 1. The molecule has 0 saturated carbocycles. The molecule has 4 nitrogen and oxygen atoms in total. The average molecular weight is 306 g/mol. The molecule has 0 unspecified atom stereocenters. The van der Waals surface area contributed by atoms with Gasteiger partial charge in [-0.2, -0.15) is 0 Å². The molecule has 92 valence electrons. The molecular formula is C13H12BrN3O. The second-order valence-electron chi connectivity index (χ2n) is 4.28. The molecule has 0 saturated heterocycles. The fourth-order valence-corrected chi connectivity index (χ4v) is 2.65. The first-order valence-corrected chi connectivity index (χ1v) is 6.60. The number of benzene rings is 1. The molecule has 0 bridgehead atoms. The van der Waals surface area contributed by atoms with E-state index in [2.05, 4.69) is 25.9 Å². The number of fused-ring (bicyclic) bond motifs is 1. The largest absolute Gasteiger partial charge is 0.347 e. The van der Waals surface area contributed by atoms with Gasteiger partial charge in [-0.25, -0.2) is 4.98 Å². The van der Waals surface area contributed by atoms with Crippen molar-refractivity contribution in [1.29, 1.82) is 0 Å². The van der Waals surface area contributed by atoms with Gasteiger partial charge in [0.1, 0.15) is 0 Å². The van der Waals surface area contributed by atoms with Crippen LogP contribution in [0.2, 0.25) is 0 Å². The zero-order chi connectivity index (χ0) is 12.5. The molecule has 1 aliphatic rings. The molecule has 0 fully saturated rings. The second-order valence-corrected chi connectivity index (χ2v) is 5.14. The zero-order valence-electron chi connectivity index (χ0n) is 9.69. The molecule has 2 heterocycles. The lowest BCUT2D eigenvalue weighted by Crippen LogP contribution is -2.36. The van der Waals surface area contributed by atoms with Crippen LogP contribution in [0, 0.1) is 0 Å². The minimum absolute atomic E-state index is 0.0581. The number of H-pyrrole nitrogens is 1. The highest BCUT2D eigenvalue weighted by Gasteiger charge is 2.24. The highest BCUT2D eigenvalue weighted by Crippen LogP contribution is 2.21. The molecule has 3 rings (SSSR count). The Kier molecular flexibility index (Phi) is 2.91. The maximum Gasteiger partial charge on any atom is 0.255 e. The molecule has 0 atom stereocenters. The Balaban J connectivity index is 1.85. The van der Waals surface area contributed by atoms with Crippen LogP contribution in [-0.2, 0) is 13.0 Å². The summed E-state index contributed by atoms with van der Waals surface area (Å²) in [6.07, 6.45) is 2.51. The fraction of sp³-hybridized carbons (Fsp3) is 0.231. The predicted molar refractivity (Wildman–Crippen MR) is 71.2 cm³/mol. The number of rotatable bonds is 1. The molecule has 1 N–H and O–H groups in total. The Hall–Kier alpha value is -1.62. The van der Waals surface area contributed by atoms with Gasteiger partial charge in [0.15, 0.2) is 0 Å². The number of nitrogens with zero attached hydrogens (tertiary/aromatic N) is 2. The summed E-state index contributed by atoms with van der Waals surface area (Å²) in [5.41, 5.74) is 2.83. The summed E-state index contributed by atoms with van der Waals surface area (Å²) in [4.78, 5) is 21.6. The van der Waals surface area contributed by atoms with Crippen LogP contribution in [0.25, 0.3) is 0 Å². The van der Waals surface area contributed by atoms with E-state index in [0.29, 0.717) is 12.1 Å². The average Bonchev–Trinajstić information content (AvgIpc) is 2.85. The monoisotopic (exact) mass is 305 g/mol. The highest BCUT2D eigenvalue weighted by atomic mass is 79.9. The van der Waals surface area contributed by atoms with Crippen molar-refractivity contribution in [3.8, 4) is 0 Å². The van der Waals surface area contributed by atoms with Gasteiger partial charge in [0.25, 0.3) is 5.91 Å². The minimum atomic E-state index is 0.0581. The summed E-state index contributed by atoms with van der Waals surface area (Å²) >= 11 is 3.42. The zero-order valence-corrected chi connectivity index (χ0v) is 11.3. The van der Waals surface area contributed by atoms with Gasteiger partial charge in [-0.05, 0) is 28.1 Å². The number of amides is 1. The number of hydrogen-bond donors (Lipinski definition) is 1. The SMILES string of the molecule is O=C(c1ccccc1Br)N1CCc2nc[nH]c2C1. The van der Waals surface area contributed by atoms with Crippen molar-refractivity contribution in [1.82, 2.24) is 14.9 Å². The third kappa shape index (κ3) is 1.95. The van der Waals surface area contributed by atoms with Crippen molar-refractivity contribution in [2.45, 2.75) is 13.0 Å². The van der Waals surface area contributed by atoms with Crippen molar-refractivity contribution >= 4 is 21.8 Å².